The van der Waals surface area contributed by atoms with Gasteiger partial charge in [0.25, 0.3) is 0 Å². The van der Waals surface area contributed by atoms with E-state index in [0.717, 1.165) is 128 Å². The van der Waals surface area contributed by atoms with E-state index < -0.39 is 0 Å². The summed E-state index contributed by atoms with van der Waals surface area (Å²) >= 11 is 0. The van der Waals surface area contributed by atoms with Crippen molar-refractivity contribution in [3.05, 3.63) is 322 Å². The fourth-order valence-electron chi connectivity index (χ4n) is 11.8. The molecule has 83 heavy (non-hydrogen) atoms. The van der Waals surface area contributed by atoms with Crippen molar-refractivity contribution in [3.63, 3.8) is 0 Å². The first-order valence-corrected chi connectivity index (χ1v) is 28.1. The third kappa shape index (κ3) is 9.32. The van der Waals surface area contributed by atoms with Crippen molar-refractivity contribution in [3.8, 4) is 44.5 Å². The topological polar surface area (TPSA) is 36.0 Å². The van der Waals surface area contributed by atoms with Crippen LogP contribution < -0.4 is 14.7 Å². The van der Waals surface area contributed by atoms with Gasteiger partial charge in [0.2, 0.25) is 0 Å². The first-order valence-electron chi connectivity index (χ1n) is 28.1. The third-order valence-corrected chi connectivity index (χ3v) is 15.8. The number of anilines is 9. The summed E-state index contributed by atoms with van der Waals surface area (Å²) in [5.41, 5.74) is 21.6. The summed E-state index contributed by atoms with van der Waals surface area (Å²) in [6.07, 6.45) is 0. The SMILES string of the molecule is c1ccc(-c2ccc(N(c3ccc(-c4ccccc4)cc3)c3cc(N(c4ccccc4)c4ccc(-c5ccc6oc7ccccc7c6c5)cc4)cc(N(c4ccccc4)c4ccc(-c5cccc6c5oc5ccccc56)cc4)c3)cc2)cc1. The van der Waals surface area contributed by atoms with Gasteiger partial charge in [-0.1, -0.05) is 206 Å². The lowest BCUT2D eigenvalue weighted by Gasteiger charge is -2.33. The molecule has 0 saturated carbocycles. The Morgan fingerprint density at radius 1 is 0.181 bits per heavy atom. The highest BCUT2D eigenvalue weighted by molar-refractivity contribution is 6.10. The molecule has 0 atom stereocenters. The number of para-hydroxylation sites is 5. The summed E-state index contributed by atoms with van der Waals surface area (Å²) in [7, 11) is 0. The average molecular weight is 1060 g/mol. The largest absolute Gasteiger partial charge is 0.456 e. The van der Waals surface area contributed by atoms with Crippen LogP contribution in [-0.2, 0) is 0 Å². The van der Waals surface area contributed by atoms with Gasteiger partial charge in [-0.2, -0.15) is 0 Å². The number of rotatable bonds is 13. The first-order chi connectivity index (χ1) is 41.1. The summed E-state index contributed by atoms with van der Waals surface area (Å²) in [5.74, 6) is 0. The molecule has 0 N–H and O–H groups in total. The summed E-state index contributed by atoms with van der Waals surface area (Å²) in [6.45, 7) is 0. The van der Waals surface area contributed by atoms with Crippen LogP contribution in [0.5, 0.6) is 0 Å². The highest BCUT2D eigenvalue weighted by atomic mass is 16.3. The van der Waals surface area contributed by atoms with Gasteiger partial charge in [0.15, 0.2) is 0 Å². The van der Waals surface area contributed by atoms with Gasteiger partial charge in [-0.3, -0.25) is 0 Å². The molecule has 0 saturated heterocycles. The molecule has 5 nitrogen and oxygen atoms in total. The van der Waals surface area contributed by atoms with Gasteiger partial charge in [0.1, 0.15) is 22.3 Å². The van der Waals surface area contributed by atoms with Crippen LogP contribution in [0.4, 0.5) is 51.2 Å². The molecule has 0 bridgehead atoms. The number of hydrogen-bond acceptors (Lipinski definition) is 5. The fourth-order valence-corrected chi connectivity index (χ4v) is 11.8. The molecule has 0 amide bonds. The van der Waals surface area contributed by atoms with E-state index in [1.54, 1.807) is 0 Å². The molecule has 0 fully saturated rings. The number of benzene rings is 13. The molecule has 0 aliphatic rings. The molecular formula is C78H53N3O2. The lowest BCUT2D eigenvalue weighted by molar-refractivity contribution is 0.669. The van der Waals surface area contributed by atoms with E-state index in [-0.39, 0.29) is 0 Å². The number of furan rings is 2. The van der Waals surface area contributed by atoms with Crippen LogP contribution in [-0.4, -0.2) is 0 Å². The van der Waals surface area contributed by atoms with Gasteiger partial charge in [-0.15, -0.1) is 0 Å². The summed E-state index contributed by atoms with van der Waals surface area (Å²) in [6, 6.07) is 115. The Balaban J connectivity index is 0.921. The standard InChI is InChI=1S/C78H53N3O2/c1-5-18-54(19-6-1)56-32-41-64(42-33-56)81(65-43-34-57(35-44-65)55-20-7-2-8-21-55)69-52-67(79(61-22-9-3-10-23-61)63-45-36-58(37-46-63)60-40-49-77-74(50-60)72-27-14-15-30-75(72)82-77)51-68(53-69)80(62-24-11-4-12-25-62)66-47-38-59(39-48-66)70-28-17-29-73-71-26-13-16-31-76(71)83-78(70)73/h1-53H. The third-order valence-electron chi connectivity index (χ3n) is 15.8. The molecule has 0 radical (unpaired) electrons. The van der Waals surface area contributed by atoms with Crippen LogP contribution in [0.25, 0.3) is 88.4 Å². The Morgan fingerprint density at radius 3 is 0.976 bits per heavy atom. The lowest BCUT2D eigenvalue weighted by Crippen LogP contribution is -2.16. The highest BCUT2D eigenvalue weighted by Gasteiger charge is 2.24. The second-order valence-electron chi connectivity index (χ2n) is 20.9. The zero-order chi connectivity index (χ0) is 55.1. The molecule has 0 spiro atoms. The van der Waals surface area contributed by atoms with Crippen molar-refractivity contribution >= 4 is 95.1 Å². The predicted molar refractivity (Wildman–Crippen MR) is 347 cm³/mol. The van der Waals surface area contributed by atoms with E-state index in [1.165, 1.54) is 11.1 Å². The smallest absolute Gasteiger partial charge is 0.143 e. The number of nitrogens with zero attached hydrogens (tertiary/aromatic N) is 3. The molecule has 0 unspecified atom stereocenters. The van der Waals surface area contributed by atoms with Crippen LogP contribution in [0.2, 0.25) is 0 Å². The minimum Gasteiger partial charge on any atom is -0.456 e. The quantitative estimate of drug-likeness (QED) is 0.115. The maximum absolute atomic E-state index is 6.56. The van der Waals surface area contributed by atoms with Crippen LogP contribution in [0.3, 0.4) is 0 Å². The fraction of sp³-hybridized carbons (Fsp3) is 0. The molecule has 0 aliphatic carbocycles. The minimum absolute atomic E-state index is 0.881. The molecule has 15 rings (SSSR count). The average Bonchev–Trinajstić information content (AvgIpc) is 4.34. The Kier molecular flexibility index (Phi) is 12.5. The monoisotopic (exact) mass is 1060 g/mol. The van der Waals surface area contributed by atoms with Gasteiger partial charge >= 0.3 is 0 Å². The normalized spacial score (nSPS) is 11.4. The predicted octanol–water partition coefficient (Wildman–Crippen LogP) is 22.6. The Bertz CT molecular complexity index is 4670. The molecule has 2 aromatic heterocycles. The Morgan fingerprint density at radius 2 is 0.506 bits per heavy atom. The van der Waals surface area contributed by atoms with Crippen LogP contribution >= 0.6 is 0 Å². The molecule has 0 aliphatic heterocycles. The van der Waals surface area contributed by atoms with E-state index in [0.29, 0.717) is 0 Å². The van der Waals surface area contributed by atoms with E-state index >= 15 is 0 Å². The van der Waals surface area contributed by atoms with Crippen molar-refractivity contribution in [2.24, 2.45) is 0 Å². The second-order valence-corrected chi connectivity index (χ2v) is 20.9. The van der Waals surface area contributed by atoms with Gasteiger partial charge < -0.3 is 23.5 Å². The van der Waals surface area contributed by atoms with E-state index in [2.05, 4.69) is 312 Å². The van der Waals surface area contributed by atoms with Gasteiger partial charge in [-0.05, 0) is 154 Å². The number of hydrogen-bond donors (Lipinski definition) is 0. The van der Waals surface area contributed by atoms with Crippen LogP contribution in [0, 0.1) is 0 Å². The zero-order valence-electron chi connectivity index (χ0n) is 45.3. The lowest BCUT2D eigenvalue weighted by atomic mass is 10.0. The second kappa shape index (κ2) is 21.2. The van der Waals surface area contributed by atoms with Crippen molar-refractivity contribution in [1.29, 1.82) is 0 Å². The zero-order valence-corrected chi connectivity index (χ0v) is 45.3. The van der Waals surface area contributed by atoms with Crippen molar-refractivity contribution in [2.45, 2.75) is 0 Å². The maximum Gasteiger partial charge on any atom is 0.143 e. The first kappa shape index (κ1) is 48.9. The van der Waals surface area contributed by atoms with Gasteiger partial charge in [0, 0.05) is 61.2 Å². The maximum atomic E-state index is 6.56. The molecule has 13 aromatic carbocycles. The molecule has 392 valence electrons. The van der Waals surface area contributed by atoms with Crippen LogP contribution in [0.15, 0.2) is 330 Å². The van der Waals surface area contributed by atoms with Crippen molar-refractivity contribution < 1.29 is 8.83 Å². The highest BCUT2D eigenvalue weighted by Crippen LogP contribution is 2.48. The molecule has 5 heteroatoms. The van der Waals surface area contributed by atoms with Gasteiger partial charge in [0.05, 0.1) is 17.1 Å². The Hall–Kier alpha value is -11.1. The summed E-state index contributed by atoms with van der Waals surface area (Å²) in [5, 5.41) is 4.43. The minimum atomic E-state index is 0.881. The summed E-state index contributed by atoms with van der Waals surface area (Å²) < 4.78 is 12.8. The van der Waals surface area contributed by atoms with E-state index in [4.69, 9.17) is 8.83 Å². The molecular weight excluding hydrogens is 1010 g/mol. The summed E-state index contributed by atoms with van der Waals surface area (Å²) in [4.78, 5) is 7.13. The van der Waals surface area contributed by atoms with Gasteiger partial charge in [-0.25, -0.2) is 0 Å². The Labute approximate surface area is 482 Å². The van der Waals surface area contributed by atoms with Crippen LogP contribution in [0.1, 0.15) is 0 Å². The van der Waals surface area contributed by atoms with Crippen molar-refractivity contribution in [2.75, 3.05) is 14.7 Å². The van der Waals surface area contributed by atoms with Crippen molar-refractivity contribution in [1.82, 2.24) is 0 Å². The van der Waals surface area contributed by atoms with E-state index in [9.17, 15) is 0 Å². The number of fused-ring (bicyclic) bond motifs is 6. The molecule has 2 heterocycles. The molecule has 15 aromatic rings. The van der Waals surface area contributed by atoms with E-state index in [1.807, 2.05) is 24.3 Å².